The summed E-state index contributed by atoms with van der Waals surface area (Å²) in [6, 6.07) is 2.75. The van der Waals surface area contributed by atoms with Crippen LogP contribution < -0.4 is 10.0 Å². The summed E-state index contributed by atoms with van der Waals surface area (Å²) in [6.45, 7) is 2.33. The molecule has 0 saturated carbocycles. The fourth-order valence-electron chi connectivity index (χ4n) is 4.86. The van der Waals surface area contributed by atoms with E-state index in [0.29, 0.717) is 12.2 Å². The van der Waals surface area contributed by atoms with Crippen molar-refractivity contribution in [1.82, 2.24) is 14.5 Å². The van der Waals surface area contributed by atoms with Gasteiger partial charge in [0, 0.05) is 18.3 Å². The second-order valence-electron chi connectivity index (χ2n) is 8.50. The Kier molecular flexibility index (Phi) is 4.83. The Morgan fingerprint density at radius 3 is 2.35 bits per heavy atom. The van der Waals surface area contributed by atoms with Crippen LogP contribution in [0.3, 0.4) is 0 Å². The SMILES string of the molecule is CCn1nc(S(=O)(=O)NC(=O)Nc2c3c(cc4c2CCC4)CCC3)cc1C1(O)COC1. The molecule has 0 radical (unpaired) electrons. The van der Waals surface area contributed by atoms with Gasteiger partial charge in [0.15, 0.2) is 10.6 Å². The number of benzene rings is 1. The van der Waals surface area contributed by atoms with Gasteiger partial charge in [-0.2, -0.15) is 13.5 Å². The predicted octanol–water partition coefficient (Wildman–Crippen LogP) is 1.61. The molecule has 31 heavy (non-hydrogen) atoms. The van der Waals surface area contributed by atoms with E-state index in [1.807, 2.05) is 0 Å². The highest BCUT2D eigenvalue weighted by molar-refractivity contribution is 7.90. The van der Waals surface area contributed by atoms with Gasteiger partial charge in [0.2, 0.25) is 0 Å². The molecule has 5 rings (SSSR count). The lowest BCUT2D eigenvalue weighted by Crippen LogP contribution is -2.48. The van der Waals surface area contributed by atoms with Gasteiger partial charge in [-0.1, -0.05) is 6.07 Å². The molecule has 2 aromatic rings. The zero-order valence-corrected chi connectivity index (χ0v) is 18.2. The van der Waals surface area contributed by atoms with E-state index < -0.39 is 21.7 Å². The molecule has 2 heterocycles. The van der Waals surface area contributed by atoms with Gasteiger partial charge in [0.1, 0.15) is 0 Å². The first-order valence-electron chi connectivity index (χ1n) is 10.7. The number of aryl methyl sites for hydroxylation is 3. The number of hydrogen-bond donors (Lipinski definition) is 3. The Labute approximate surface area is 180 Å². The summed E-state index contributed by atoms with van der Waals surface area (Å²) in [5, 5.41) is 17.2. The molecular formula is C21H26N4O5S. The van der Waals surface area contributed by atoms with E-state index >= 15 is 0 Å². The van der Waals surface area contributed by atoms with Crippen LogP contribution in [0.15, 0.2) is 17.2 Å². The van der Waals surface area contributed by atoms with Crippen molar-refractivity contribution in [2.75, 3.05) is 18.5 Å². The molecule has 10 heteroatoms. The molecule has 1 fully saturated rings. The number of rotatable bonds is 5. The van der Waals surface area contributed by atoms with E-state index in [0.717, 1.165) is 55.3 Å². The molecule has 1 saturated heterocycles. The number of anilines is 1. The minimum absolute atomic E-state index is 0.0797. The van der Waals surface area contributed by atoms with Crippen molar-refractivity contribution < 1.29 is 23.1 Å². The van der Waals surface area contributed by atoms with Crippen molar-refractivity contribution in [1.29, 1.82) is 0 Å². The molecule has 0 bridgehead atoms. The Bertz CT molecular complexity index is 1130. The van der Waals surface area contributed by atoms with Crippen LogP contribution >= 0.6 is 0 Å². The van der Waals surface area contributed by atoms with Gasteiger partial charge in [0.25, 0.3) is 10.0 Å². The fraction of sp³-hybridized carbons (Fsp3) is 0.524. The number of carbonyl (C=O) groups excluding carboxylic acids is 1. The van der Waals surface area contributed by atoms with Crippen LogP contribution in [-0.4, -0.2) is 42.5 Å². The summed E-state index contributed by atoms with van der Waals surface area (Å²) in [5.41, 5.74) is 4.62. The van der Waals surface area contributed by atoms with E-state index in [9.17, 15) is 18.3 Å². The standard InChI is InChI=1S/C21H26N4O5S/c1-2-25-17(21(27)11-30-12-21)10-18(23-25)31(28,29)24-20(26)22-19-15-7-3-5-13(15)9-14-6-4-8-16(14)19/h9-10,27H,2-8,11-12H2,1H3,(H2,22,24,26). The monoisotopic (exact) mass is 446 g/mol. The molecule has 9 nitrogen and oxygen atoms in total. The average Bonchev–Trinajstić information content (AvgIpc) is 3.44. The van der Waals surface area contributed by atoms with Crippen LogP contribution in [0.25, 0.3) is 0 Å². The highest BCUT2D eigenvalue weighted by Crippen LogP contribution is 2.38. The summed E-state index contributed by atoms with van der Waals surface area (Å²) in [7, 11) is -4.21. The maximum absolute atomic E-state index is 12.9. The Morgan fingerprint density at radius 1 is 1.16 bits per heavy atom. The highest BCUT2D eigenvalue weighted by atomic mass is 32.2. The van der Waals surface area contributed by atoms with Gasteiger partial charge >= 0.3 is 6.03 Å². The smallest absolute Gasteiger partial charge is 0.333 e. The summed E-state index contributed by atoms with van der Waals surface area (Å²) >= 11 is 0. The zero-order chi connectivity index (χ0) is 21.8. The third-order valence-electron chi connectivity index (χ3n) is 6.43. The largest absolute Gasteiger partial charge is 0.379 e. The number of hydrogen-bond acceptors (Lipinski definition) is 6. The van der Waals surface area contributed by atoms with Crippen LogP contribution in [0.4, 0.5) is 10.5 Å². The van der Waals surface area contributed by atoms with Crippen LogP contribution in [-0.2, 0) is 52.6 Å². The molecular weight excluding hydrogens is 420 g/mol. The maximum Gasteiger partial charge on any atom is 0.333 e. The Morgan fingerprint density at radius 2 is 1.81 bits per heavy atom. The minimum atomic E-state index is -4.21. The lowest BCUT2D eigenvalue weighted by molar-refractivity contribution is -0.188. The fourth-order valence-corrected chi connectivity index (χ4v) is 5.74. The second-order valence-corrected chi connectivity index (χ2v) is 10.1. The molecule has 1 aliphatic heterocycles. The molecule has 1 aromatic heterocycles. The van der Waals surface area contributed by atoms with E-state index in [2.05, 4.69) is 21.2 Å². The third-order valence-corrected chi connectivity index (χ3v) is 7.63. The number of aromatic nitrogens is 2. The topological polar surface area (TPSA) is 123 Å². The van der Waals surface area contributed by atoms with E-state index in [-0.39, 0.29) is 18.2 Å². The number of aliphatic hydroxyl groups is 1. The van der Waals surface area contributed by atoms with E-state index in [4.69, 9.17) is 4.74 Å². The number of ether oxygens (including phenoxy) is 1. The zero-order valence-electron chi connectivity index (χ0n) is 17.4. The number of amides is 2. The molecule has 1 aromatic carbocycles. The number of sulfonamides is 1. The molecule has 0 atom stereocenters. The first-order chi connectivity index (χ1) is 14.8. The molecule has 166 valence electrons. The number of nitrogens with one attached hydrogen (secondary N) is 2. The van der Waals surface area contributed by atoms with Crippen molar-refractivity contribution in [3.05, 3.63) is 40.1 Å². The highest BCUT2D eigenvalue weighted by Gasteiger charge is 2.42. The van der Waals surface area contributed by atoms with Crippen molar-refractivity contribution >= 4 is 21.7 Å². The Hall–Kier alpha value is -2.43. The first kappa shape index (κ1) is 20.5. The molecule has 0 unspecified atom stereocenters. The van der Waals surface area contributed by atoms with Crippen molar-refractivity contribution in [3.63, 3.8) is 0 Å². The quantitative estimate of drug-likeness (QED) is 0.641. The van der Waals surface area contributed by atoms with E-state index in [1.165, 1.54) is 21.9 Å². The van der Waals surface area contributed by atoms with Gasteiger partial charge < -0.3 is 15.2 Å². The molecule has 2 amide bonds. The van der Waals surface area contributed by atoms with Crippen LogP contribution in [0.2, 0.25) is 0 Å². The average molecular weight is 447 g/mol. The van der Waals surface area contributed by atoms with E-state index in [1.54, 1.807) is 6.92 Å². The summed E-state index contributed by atoms with van der Waals surface area (Å²) in [4.78, 5) is 12.7. The second kappa shape index (κ2) is 7.32. The van der Waals surface area contributed by atoms with Crippen molar-refractivity contribution in [2.24, 2.45) is 0 Å². The maximum atomic E-state index is 12.9. The predicted molar refractivity (Wildman–Crippen MR) is 112 cm³/mol. The number of fused-ring (bicyclic) bond motifs is 2. The normalized spacial score (nSPS) is 18.9. The molecule has 3 N–H and O–H groups in total. The number of urea groups is 1. The Balaban J connectivity index is 1.39. The molecule has 0 spiro atoms. The summed E-state index contributed by atoms with van der Waals surface area (Å²) < 4.78 is 34.3. The van der Waals surface area contributed by atoms with Gasteiger partial charge in [-0.25, -0.2) is 9.52 Å². The number of carbonyl (C=O) groups is 1. The first-order valence-corrected chi connectivity index (χ1v) is 12.2. The van der Waals surface area contributed by atoms with Crippen molar-refractivity contribution in [3.8, 4) is 0 Å². The van der Waals surface area contributed by atoms with Crippen LogP contribution in [0, 0.1) is 0 Å². The molecule has 2 aliphatic carbocycles. The third kappa shape index (κ3) is 3.42. The lowest BCUT2D eigenvalue weighted by Gasteiger charge is -2.36. The summed E-state index contributed by atoms with van der Waals surface area (Å²) in [5.74, 6) is 0. The van der Waals surface area contributed by atoms with Crippen LogP contribution in [0.1, 0.15) is 47.7 Å². The van der Waals surface area contributed by atoms with Gasteiger partial charge in [-0.3, -0.25) is 4.68 Å². The minimum Gasteiger partial charge on any atom is -0.379 e. The van der Waals surface area contributed by atoms with Gasteiger partial charge in [-0.15, -0.1) is 0 Å². The number of nitrogens with zero attached hydrogens (tertiary/aromatic N) is 2. The molecule has 3 aliphatic rings. The lowest BCUT2D eigenvalue weighted by atomic mass is 9.98. The van der Waals surface area contributed by atoms with Crippen molar-refractivity contribution in [2.45, 2.75) is 62.6 Å². The van der Waals surface area contributed by atoms with Gasteiger partial charge in [0.05, 0.1) is 18.9 Å². The van der Waals surface area contributed by atoms with Gasteiger partial charge in [-0.05, 0) is 67.7 Å². The van der Waals surface area contributed by atoms with Crippen LogP contribution in [0.5, 0.6) is 0 Å². The summed E-state index contributed by atoms with van der Waals surface area (Å²) in [6.07, 6.45) is 5.82.